The van der Waals surface area contributed by atoms with Crippen LogP contribution in [0.1, 0.15) is 11.1 Å². The van der Waals surface area contributed by atoms with Crippen LogP contribution < -0.4 is 0 Å². The Kier molecular flexibility index (Phi) is 4.35. The Balaban J connectivity index is 1.77. The molecule has 3 aromatic carbocycles. The van der Waals surface area contributed by atoms with Gasteiger partial charge in [-0.1, -0.05) is 54.6 Å². The molecule has 0 radical (unpaired) electrons. The van der Waals surface area contributed by atoms with Gasteiger partial charge in [-0.05, 0) is 28.9 Å². The van der Waals surface area contributed by atoms with Gasteiger partial charge in [0.1, 0.15) is 0 Å². The van der Waals surface area contributed by atoms with Crippen molar-refractivity contribution in [3.05, 3.63) is 88.0 Å². The maximum atomic E-state index is 10.9. The number of rotatable bonds is 5. The molecule has 0 N–H and O–H groups in total. The molecule has 0 aliphatic carbocycles. The van der Waals surface area contributed by atoms with Crippen molar-refractivity contribution in [3.63, 3.8) is 0 Å². The van der Waals surface area contributed by atoms with Crippen molar-refractivity contribution in [3.8, 4) is 0 Å². The highest BCUT2D eigenvalue weighted by molar-refractivity contribution is 5.85. The van der Waals surface area contributed by atoms with Crippen LogP contribution in [-0.4, -0.2) is 16.9 Å². The molecule has 0 heterocycles. The third-order valence-corrected chi connectivity index (χ3v) is 3.89. The van der Waals surface area contributed by atoms with E-state index in [1.807, 2.05) is 25.2 Å². The van der Waals surface area contributed by atoms with Crippen LogP contribution in [-0.2, 0) is 13.1 Å². The summed E-state index contributed by atoms with van der Waals surface area (Å²) in [6, 6.07) is 21.5. The summed E-state index contributed by atoms with van der Waals surface area (Å²) in [6.07, 6.45) is 0. The first kappa shape index (κ1) is 15.2. The molecule has 4 nitrogen and oxygen atoms in total. The molecule has 0 saturated carbocycles. The fourth-order valence-electron chi connectivity index (χ4n) is 2.86. The molecule has 0 unspecified atom stereocenters. The summed E-state index contributed by atoms with van der Waals surface area (Å²) in [5, 5.41) is 13.3. The van der Waals surface area contributed by atoms with E-state index in [0.29, 0.717) is 6.54 Å². The van der Waals surface area contributed by atoms with Crippen molar-refractivity contribution >= 4 is 16.5 Å². The standard InChI is InChI=1S/C19H18N2O2/c1-20(13-15-6-4-10-18(12-15)21(22)23)14-17-9-5-8-16-7-2-3-11-19(16)17/h2-12H,13-14H2,1H3. The normalized spacial score (nSPS) is 11.0. The average molecular weight is 306 g/mol. The van der Waals surface area contributed by atoms with Gasteiger partial charge < -0.3 is 0 Å². The van der Waals surface area contributed by atoms with E-state index >= 15 is 0 Å². The highest BCUT2D eigenvalue weighted by Crippen LogP contribution is 2.21. The zero-order valence-corrected chi connectivity index (χ0v) is 13.0. The SMILES string of the molecule is CN(Cc1cccc([N+](=O)[O-])c1)Cc1cccc2ccccc12. The van der Waals surface area contributed by atoms with Crippen molar-refractivity contribution in [1.29, 1.82) is 0 Å². The van der Waals surface area contributed by atoms with Gasteiger partial charge in [-0.25, -0.2) is 0 Å². The van der Waals surface area contributed by atoms with Gasteiger partial charge in [0, 0.05) is 25.2 Å². The number of non-ortho nitro benzene ring substituents is 1. The average Bonchev–Trinajstić information content (AvgIpc) is 2.55. The van der Waals surface area contributed by atoms with Gasteiger partial charge in [-0.2, -0.15) is 0 Å². The van der Waals surface area contributed by atoms with Gasteiger partial charge in [0.05, 0.1) is 4.92 Å². The summed E-state index contributed by atoms with van der Waals surface area (Å²) < 4.78 is 0. The minimum atomic E-state index is -0.353. The van der Waals surface area contributed by atoms with Gasteiger partial charge in [-0.3, -0.25) is 15.0 Å². The Bertz CT molecular complexity index is 840. The van der Waals surface area contributed by atoms with Crippen LogP contribution in [0.4, 0.5) is 5.69 Å². The lowest BCUT2D eigenvalue weighted by Gasteiger charge is -2.18. The third kappa shape index (κ3) is 3.55. The Morgan fingerprint density at radius 1 is 0.957 bits per heavy atom. The first-order valence-electron chi connectivity index (χ1n) is 7.52. The fourth-order valence-corrected chi connectivity index (χ4v) is 2.86. The molecule has 116 valence electrons. The first-order valence-corrected chi connectivity index (χ1v) is 7.52. The van der Waals surface area contributed by atoms with E-state index in [1.165, 1.54) is 22.4 Å². The largest absolute Gasteiger partial charge is 0.298 e. The lowest BCUT2D eigenvalue weighted by atomic mass is 10.0. The van der Waals surface area contributed by atoms with Crippen molar-refractivity contribution in [2.45, 2.75) is 13.1 Å². The maximum absolute atomic E-state index is 10.9. The predicted molar refractivity (Wildman–Crippen MR) is 92.2 cm³/mol. The topological polar surface area (TPSA) is 46.4 Å². The number of benzene rings is 3. The third-order valence-electron chi connectivity index (χ3n) is 3.89. The highest BCUT2D eigenvalue weighted by atomic mass is 16.6. The summed E-state index contributed by atoms with van der Waals surface area (Å²) in [6.45, 7) is 1.47. The molecule has 3 rings (SSSR count). The molecular formula is C19H18N2O2. The lowest BCUT2D eigenvalue weighted by molar-refractivity contribution is -0.384. The quantitative estimate of drug-likeness (QED) is 0.519. The zero-order chi connectivity index (χ0) is 16.2. The van der Waals surface area contributed by atoms with Crippen molar-refractivity contribution < 1.29 is 4.92 Å². The van der Waals surface area contributed by atoms with E-state index in [0.717, 1.165) is 12.1 Å². The van der Waals surface area contributed by atoms with E-state index in [4.69, 9.17) is 0 Å². The van der Waals surface area contributed by atoms with E-state index in [9.17, 15) is 10.1 Å². The number of fused-ring (bicyclic) bond motifs is 1. The molecule has 0 aliphatic heterocycles. The maximum Gasteiger partial charge on any atom is 0.269 e. The minimum absolute atomic E-state index is 0.140. The van der Waals surface area contributed by atoms with Crippen LogP contribution in [0, 0.1) is 10.1 Å². The van der Waals surface area contributed by atoms with E-state index in [1.54, 1.807) is 12.1 Å². The molecule has 0 aliphatic rings. The van der Waals surface area contributed by atoms with E-state index < -0.39 is 0 Å². The summed E-state index contributed by atoms with van der Waals surface area (Å²) in [7, 11) is 2.03. The van der Waals surface area contributed by atoms with Crippen LogP contribution in [0.5, 0.6) is 0 Å². The van der Waals surface area contributed by atoms with Gasteiger partial charge in [0.25, 0.3) is 5.69 Å². The lowest BCUT2D eigenvalue weighted by Crippen LogP contribution is -2.17. The van der Waals surface area contributed by atoms with E-state index in [2.05, 4.69) is 35.2 Å². The molecule has 4 heteroatoms. The Morgan fingerprint density at radius 3 is 2.52 bits per heavy atom. The smallest absolute Gasteiger partial charge is 0.269 e. The molecule has 3 aromatic rings. The van der Waals surface area contributed by atoms with Crippen LogP contribution in [0.25, 0.3) is 10.8 Å². The molecule has 0 bridgehead atoms. The van der Waals surface area contributed by atoms with Gasteiger partial charge in [0.15, 0.2) is 0 Å². The summed E-state index contributed by atoms with van der Waals surface area (Å²) in [4.78, 5) is 12.7. The van der Waals surface area contributed by atoms with Crippen LogP contribution in [0.15, 0.2) is 66.7 Å². The van der Waals surface area contributed by atoms with Crippen LogP contribution >= 0.6 is 0 Å². The number of nitro benzene ring substituents is 1. The number of hydrogen-bond donors (Lipinski definition) is 0. The second kappa shape index (κ2) is 6.58. The second-order valence-corrected chi connectivity index (χ2v) is 5.74. The highest BCUT2D eigenvalue weighted by Gasteiger charge is 2.09. The number of nitro groups is 1. The molecule has 0 amide bonds. The number of hydrogen-bond acceptors (Lipinski definition) is 3. The molecule has 0 atom stereocenters. The molecular weight excluding hydrogens is 288 g/mol. The van der Waals surface area contributed by atoms with Gasteiger partial charge >= 0.3 is 0 Å². The summed E-state index contributed by atoms with van der Waals surface area (Å²) >= 11 is 0. The molecule has 0 aromatic heterocycles. The minimum Gasteiger partial charge on any atom is -0.298 e. The fraction of sp³-hybridized carbons (Fsp3) is 0.158. The molecule has 0 fully saturated rings. The van der Waals surface area contributed by atoms with Crippen molar-refractivity contribution in [1.82, 2.24) is 4.90 Å². The molecule has 0 spiro atoms. The van der Waals surface area contributed by atoms with Crippen molar-refractivity contribution in [2.24, 2.45) is 0 Å². The van der Waals surface area contributed by atoms with Gasteiger partial charge in [0.2, 0.25) is 0 Å². The molecule has 23 heavy (non-hydrogen) atoms. The summed E-state index contributed by atoms with van der Waals surface area (Å²) in [5.74, 6) is 0. The summed E-state index contributed by atoms with van der Waals surface area (Å²) in [5.41, 5.74) is 2.35. The first-order chi connectivity index (χ1) is 11.1. The Hall–Kier alpha value is -2.72. The Morgan fingerprint density at radius 2 is 1.70 bits per heavy atom. The van der Waals surface area contributed by atoms with Crippen LogP contribution in [0.3, 0.4) is 0 Å². The van der Waals surface area contributed by atoms with Gasteiger partial charge in [-0.15, -0.1) is 0 Å². The zero-order valence-electron chi connectivity index (χ0n) is 13.0. The monoisotopic (exact) mass is 306 g/mol. The Labute approximate surface area is 135 Å². The molecule has 0 saturated heterocycles. The number of nitrogens with zero attached hydrogens (tertiary/aromatic N) is 2. The predicted octanol–water partition coefficient (Wildman–Crippen LogP) is 4.38. The van der Waals surface area contributed by atoms with Crippen molar-refractivity contribution in [2.75, 3.05) is 7.05 Å². The van der Waals surface area contributed by atoms with Crippen LogP contribution in [0.2, 0.25) is 0 Å². The second-order valence-electron chi connectivity index (χ2n) is 5.74. The van der Waals surface area contributed by atoms with E-state index in [-0.39, 0.29) is 10.6 Å².